The molecule has 46 heavy (non-hydrogen) atoms. The fourth-order valence-corrected chi connectivity index (χ4v) is 5.86. The van der Waals surface area contributed by atoms with Gasteiger partial charge in [0, 0.05) is 43.7 Å². The predicted octanol–water partition coefficient (Wildman–Crippen LogP) is 7.36. The van der Waals surface area contributed by atoms with E-state index >= 15 is 0 Å². The van der Waals surface area contributed by atoms with E-state index in [1.54, 1.807) is 12.1 Å². The van der Waals surface area contributed by atoms with Crippen molar-refractivity contribution < 1.29 is 19.4 Å². The highest BCUT2D eigenvalue weighted by molar-refractivity contribution is 5.94. The Morgan fingerprint density at radius 2 is 1.20 bits per heavy atom. The number of ether oxygens (including phenoxy) is 2. The lowest BCUT2D eigenvalue weighted by atomic mass is 9.99. The maximum atomic E-state index is 12.5. The number of aliphatic hydroxyl groups is 1. The summed E-state index contributed by atoms with van der Waals surface area (Å²) in [5.74, 6) is -0.0999. The second kappa shape index (κ2) is 15.6. The zero-order valence-electron chi connectivity index (χ0n) is 25.9. The molecule has 0 spiro atoms. The maximum Gasteiger partial charge on any atom is 0.251 e. The SMILES string of the molecule is O=C(NCc1ccc([C@H]2O[C@@H](CN(Cc3ccccc3)Cc3ccccc3)C[C@@H](c3ccc(CO)cc3)O2)cc1)c1ccccc1. The summed E-state index contributed by atoms with van der Waals surface area (Å²) in [6.07, 6.45) is -0.0988. The minimum absolute atomic E-state index is 0.00620. The molecular weight excluding hydrogens is 572 g/mol. The monoisotopic (exact) mass is 612 g/mol. The standard InChI is InChI=1S/C40H40N2O4/c43-29-33-18-20-34(21-19-33)38-24-37(28-42(26-31-10-4-1-5-11-31)27-32-12-6-2-7-13-32)45-40(46-38)36-22-16-30(17-23-36)25-41-39(44)35-14-8-3-9-15-35/h1-23,37-38,40,43H,24-29H2,(H,41,44)/t37-,38+,40+/m1/s1. The molecule has 1 saturated heterocycles. The molecule has 0 bridgehead atoms. The van der Waals surface area contributed by atoms with Crippen molar-refractivity contribution in [1.29, 1.82) is 0 Å². The lowest BCUT2D eigenvalue weighted by molar-refractivity contribution is -0.253. The summed E-state index contributed by atoms with van der Waals surface area (Å²) in [5.41, 5.74) is 7.01. The Hall–Kier alpha value is -4.59. The lowest BCUT2D eigenvalue weighted by Crippen LogP contribution is -2.39. The number of hydrogen-bond acceptors (Lipinski definition) is 5. The number of nitrogens with zero attached hydrogens (tertiary/aromatic N) is 1. The summed E-state index contributed by atoms with van der Waals surface area (Å²) in [6.45, 7) is 2.78. The number of aliphatic hydroxyl groups excluding tert-OH is 1. The van der Waals surface area contributed by atoms with Crippen LogP contribution in [0, 0.1) is 0 Å². The Kier molecular flexibility index (Phi) is 10.7. The Balaban J connectivity index is 1.19. The van der Waals surface area contributed by atoms with E-state index in [1.807, 2.05) is 78.9 Å². The second-order valence-electron chi connectivity index (χ2n) is 11.8. The van der Waals surface area contributed by atoms with Crippen molar-refractivity contribution in [3.63, 3.8) is 0 Å². The van der Waals surface area contributed by atoms with E-state index in [4.69, 9.17) is 9.47 Å². The van der Waals surface area contributed by atoms with Crippen molar-refractivity contribution in [3.8, 4) is 0 Å². The predicted molar refractivity (Wildman–Crippen MR) is 179 cm³/mol. The van der Waals surface area contributed by atoms with Crippen LogP contribution in [0.1, 0.15) is 62.6 Å². The first kappa shape index (κ1) is 31.4. The molecule has 0 radical (unpaired) electrons. The summed E-state index contributed by atoms with van der Waals surface area (Å²) in [7, 11) is 0. The smallest absolute Gasteiger partial charge is 0.251 e. The molecule has 0 aliphatic carbocycles. The van der Waals surface area contributed by atoms with Crippen molar-refractivity contribution >= 4 is 5.91 Å². The number of rotatable bonds is 12. The van der Waals surface area contributed by atoms with E-state index in [0.29, 0.717) is 18.5 Å². The van der Waals surface area contributed by atoms with Crippen molar-refractivity contribution in [2.45, 2.75) is 51.2 Å². The third-order valence-corrected chi connectivity index (χ3v) is 8.32. The summed E-state index contributed by atoms with van der Waals surface area (Å²) >= 11 is 0. The van der Waals surface area contributed by atoms with Crippen LogP contribution in [-0.4, -0.2) is 28.6 Å². The largest absolute Gasteiger partial charge is 0.392 e. The van der Waals surface area contributed by atoms with E-state index in [1.165, 1.54) is 11.1 Å². The molecule has 1 amide bonds. The zero-order chi connectivity index (χ0) is 31.6. The van der Waals surface area contributed by atoms with Gasteiger partial charge in [0.2, 0.25) is 0 Å². The molecule has 1 heterocycles. The van der Waals surface area contributed by atoms with E-state index in [-0.39, 0.29) is 24.7 Å². The number of carbonyl (C=O) groups is 1. The molecule has 2 N–H and O–H groups in total. The number of benzene rings is 5. The summed E-state index contributed by atoms with van der Waals surface area (Å²) in [4.78, 5) is 15.0. The second-order valence-corrected chi connectivity index (χ2v) is 11.8. The first-order valence-electron chi connectivity index (χ1n) is 15.9. The maximum absolute atomic E-state index is 12.5. The molecule has 1 aliphatic heterocycles. The average Bonchev–Trinajstić information content (AvgIpc) is 3.12. The molecule has 0 aromatic heterocycles. The van der Waals surface area contributed by atoms with Crippen LogP contribution in [0.3, 0.4) is 0 Å². The molecule has 0 saturated carbocycles. The Morgan fingerprint density at radius 3 is 1.78 bits per heavy atom. The van der Waals surface area contributed by atoms with Crippen LogP contribution in [-0.2, 0) is 35.7 Å². The minimum atomic E-state index is -0.551. The lowest BCUT2D eigenvalue weighted by Gasteiger charge is -2.38. The highest BCUT2D eigenvalue weighted by Gasteiger charge is 2.33. The Bertz CT molecular complexity index is 1600. The van der Waals surface area contributed by atoms with Gasteiger partial charge in [0.25, 0.3) is 5.91 Å². The normalized spacial score (nSPS) is 17.9. The molecule has 6 rings (SSSR count). The van der Waals surface area contributed by atoms with Crippen molar-refractivity contribution in [2.75, 3.05) is 6.54 Å². The Morgan fingerprint density at radius 1 is 0.652 bits per heavy atom. The summed E-state index contributed by atoms with van der Waals surface area (Å²) in [6, 6.07) is 46.4. The van der Waals surface area contributed by atoms with Crippen LogP contribution in [0.5, 0.6) is 0 Å². The van der Waals surface area contributed by atoms with Gasteiger partial charge in [0.05, 0.1) is 18.8 Å². The number of amides is 1. The highest BCUT2D eigenvalue weighted by atomic mass is 16.7. The van der Waals surface area contributed by atoms with E-state index in [0.717, 1.165) is 41.9 Å². The van der Waals surface area contributed by atoms with Crippen molar-refractivity contribution in [1.82, 2.24) is 10.2 Å². The van der Waals surface area contributed by atoms with Gasteiger partial charge < -0.3 is 19.9 Å². The van der Waals surface area contributed by atoms with Crippen LogP contribution in [0.25, 0.3) is 0 Å². The van der Waals surface area contributed by atoms with Gasteiger partial charge in [-0.25, -0.2) is 0 Å². The number of hydrogen-bond donors (Lipinski definition) is 2. The molecule has 1 aliphatic rings. The molecule has 6 nitrogen and oxygen atoms in total. The van der Waals surface area contributed by atoms with E-state index in [9.17, 15) is 9.90 Å². The van der Waals surface area contributed by atoms with Crippen LogP contribution < -0.4 is 5.32 Å². The molecule has 234 valence electrons. The fourth-order valence-electron chi connectivity index (χ4n) is 5.86. The third kappa shape index (κ3) is 8.56. The van der Waals surface area contributed by atoms with Gasteiger partial charge in [0.1, 0.15) is 0 Å². The topological polar surface area (TPSA) is 71.0 Å². The van der Waals surface area contributed by atoms with Crippen LogP contribution in [0.4, 0.5) is 0 Å². The van der Waals surface area contributed by atoms with Crippen molar-refractivity contribution in [2.24, 2.45) is 0 Å². The van der Waals surface area contributed by atoms with Gasteiger partial charge in [0.15, 0.2) is 6.29 Å². The third-order valence-electron chi connectivity index (χ3n) is 8.32. The molecule has 5 aromatic carbocycles. The van der Waals surface area contributed by atoms with Gasteiger partial charge in [-0.1, -0.05) is 127 Å². The van der Waals surface area contributed by atoms with E-state index < -0.39 is 6.29 Å². The first-order chi connectivity index (χ1) is 22.6. The number of nitrogens with one attached hydrogen (secondary N) is 1. The van der Waals surface area contributed by atoms with Crippen LogP contribution >= 0.6 is 0 Å². The summed E-state index contributed by atoms with van der Waals surface area (Å²) < 4.78 is 13.3. The van der Waals surface area contributed by atoms with E-state index in [2.05, 4.69) is 58.7 Å². The van der Waals surface area contributed by atoms with Gasteiger partial charge in [-0.2, -0.15) is 0 Å². The molecule has 0 unspecified atom stereocenters. The highest BCUT2D eigenvalue weighted by Crippen LogP contribution is 2.38. The van der Waals surface area contributed by atoms with Gasteiger partial charge in [-0.15, -0.1) is 0 Å². The fraction of sp³-hybridized carbons (Fsp3) is 0.225. The number of carbonyl (C=O) groups excluding carboxylic acids is 1. The Labute approximate surface area is 271 Å². The molecule has 1 fully saturated rings. The molecule has 6 heteroatoms. The van der Waals surface area contributed by atoms with Gasteiger partial charge in [-0.05, 0) is 39.9 Å². The zero-order valence-corrected chi connectivity index (χ0v) is 25.9. The first-order valence-corrected chi connectivity index (χ1v) is 15.9. The van der Waals surface area contributed by atoms with Gasteiger partial charge >= 0.3 is 0 Å². The summed E-state index contributed by atoms with van der Waals surface area (Å²) in [5, 5.41) is 12.6. The average molecular weight is 613 g/mol. The van der Waals surface area contributed by atoms with Gasteiger partial charge in [-0.3, -0.25) is 9.69 Å². The molecule has 5 aromatic rings. The molecule has 3 atom stereocenters. The molecular formula is C40H40N2O4. The van der Waals surface area contributed by atoms with Crippen molar-refractivity contribution in [3.05, 3.63) is 178 Å². The minimum Gasteiger partial charge on any atom is -0.392 e. The van der Waals surface area contributed by atoms with Crippen LogP contribution in [0.2, 0.25) is 0 Å². The van der Waals surface area contributed by atoms with Crippen LogP contribution in [0.15, 0.2) is 140 Å². The quantitative estimate of drug-likeness (QED) is 0.154.